The molecule has 0 aromatic heterocycles. The Morgan fingerprint density at radius 1 is 0.383 bits per heavy atom. The van der Waals surface area contributed by atoms with Gasteiger partial charge in [0.1, 0.15) is 0 Å². The van der Waals surface area contributed by atoms with Gasteiger partial charge in [0.15, 0.2) is 0 Å². The maximum absolute atomic E-state index is 14.2. The number of hydrogen-bond acceptors (Lipinski definition) is 4. The van der Waals surface area contributed by atoms with Gasteiger partial charge in [-0.2, -0.15) is 26.3 Å². The van der Waals surface area contributed by atoms with Crippen molar-refractivity contribution in [1.82, 2.24) is 0 Å². The number of rotatable bonds is 6. The molecule has 9 rings (SSSR count). The molecular weight excluding hydrogens is 807 g/mol. The maximum Gasteiger partial charge on any atom is 0.416 e. The highest BCUT2D eigenvalue weighted by Gasteiger charge is 2.39. The zero-order valence-electron chi connectivity index (χ0n) is 33.0. The molecule has 7 aromatic rings. The summed E-state index contributed by atoms with van der Waals surface area (Å²) >= 11 is 3.31. The van der Waals surface area contributed by atoms with Gasteiger partial charge in [-0.15, -0.1) is 0 Å². The van der Waals surface area contributed by atoms with Gasteiger partial charge in [-0.25, -0.2) is 0 Å². The van der Waals surface area contributed by atoms with E-state index < -0.39 is 23.5 Å². The number of hydrogen-bond donors (Lipinski definition) is 0. The summed E-state index contributed by atoms with van der Waals surface area (Å²) in [5.74, 6) is -0.493. The SMILES string of the molecule is CC(C)c1c(-c2ccc(C(F)(F)F)cc2)c(N2c3ccccc3Sc3ccccc32)c(C(C)C)c(N2c3ccccc3Sc3ccccc32)c1-c1ccc(C(F)(F)F)cc1. The van der Waals surface area contributed by atoms with Crippen LogP contribution in [0.15, 0.2) is 165 Å². The van der Waals surface area contributed by atoms with Crippen molar-refractivity contribution in [2.24, 2.45) is 0 Å². The Morgan fingerprint density at radius 2 is 0.667 bits per heavy atom. The van der Waals surface area contributed by atoms with Gasteiger partial charge in [0.05, 0.1) is 45.3 Å². The molecule has 0 radical (unpaired) electrons. The van der Waals surface area contributed by atoms with Crippen LogP contribution in [0.4, 0.5) is 60.5 Å². The van der Waals surface area contributed by atoms with Crippen LogP contribution in [0.1, 0.15) is 61.8 Å². The van der Waals surface area contributed by atoms with Gasteiger partial charge < -0.3 is 9.80 Å². The molecular formula is C50H38F6N2S2. The topological polar surface area (TPSA) is 6.48 Å². The Kier molecular flexibility index (Phi) is 10.1. The smallest absolute Gasteiger partial charge is 0.307 e. The Balaban J connectivity index is 1.53. The number of fused-ring (bicyclic) bond motifs is 4. The predicted molar refractivity (Wildman–Crippen MR) is 233 cm³/mol. The van der Waals surface area contributed by atoms with Crippen LogP contribution < -0.4 is 9.80 Å². The normalized spacial score (nSPS) is 13.6. The van der Waals surface area contributed by atoms with Gasteiger partial charge in [-0.1, -0.05) is 124 Å². The molecule has 302 valence electrons. The van der Waals surface area contributed by atoms with Crippen LogP contribution in [0.25, 0.3) is 22.3 Å². The van der Waals surface area contributed by atoms with Gasteiger partial charge in [0.2, 0.25) is 0 Å². The first-order valence-electron chi connectivity index (χ1n) is 19.6. The number of benzene rings is 7. The Labute approximate surface area is 353 Å². The highest BCUT2D eigenvalue weighted by Crippen LogP contribution is 2.63. The lowest BCUT2D eigenvalue weighted by molar-refractivity contribution is -0.138. The Bertz CT molecular complexity index is 2490. The third-order valence-electron chi connectivity index (χ3n) is 11.0. The van der Waals surface area contributed by atoms with E-state index in [0.717, 1.165) is 89.1 Å². The summed E-state index contributed by atoms with van der Waals surface area (Å²) in [5, 5.41) is 0. The van der Waals surface area contributed by atoms with Gasteiger partial charge >= 0.3 is 12.4 Å². The van der Waals surface area contributed by atoms with Gasteiger partial charge in [0, 0.05) is 36.3 Å². The quantitative estimate of drug-likeness (QED) is 0.154. The Morgan fingerprint density at radius 3 is 0.933 bits per heavy atom. The van der Waals surface area contributed by atoms with Crippen molar-refractivity contribution in [2.75, 3.05) is 9.80 Å². The number of alkyl halides is 6. The Hall–Kier alpha value is -5.58. The van der Waals surface area contributed by atoms with E-state index in [-0.39, 0.29) is 11.8 Å². The molecule has 0 atom stereocenters. The summed E-state index contributed by atoms with van der Waals surface area (Å²) in [4.78, 5) is 8.54. The van der Waals surface area contributed by atoms with Gasteiger partial charge in [-0.3, -0.25) is 0 Å². The van der Waals surface area contributed by atoms with E-state index in [1.54, 1.807) is 23.5 Å². The second-order valence-corrected chi connectivity index (χ2v) is 17.6. The zero-order valence-corrected chi connectivity index (χ0v) is 34.6. The van der Waals surface area contributed by atoms with Gasteiger partial charge in [0.25, 0.3) is 0 Å². The van der Waals surface area contributed by atoms with Crippen molar-refractivity contribution < 1.29 is 26.3 Å². The fraction of sp³-hybridized carbons (Fsp3) is 0.160. The number of anilines is 6. The molecule has 0 unspecified atom stereocenters. The van der Waals surface area contributed by atoms with Crippen LogP contribution in [0.5, 0.6) is 0 Å². The van der Waals surface area contributed by atoms with E-state index in [0.29, 0.717) is 22.3 Å². The molecule has 0 spiro atoms. The van der Waals surface area contributed by atoms with Gasteiger partial charge in [-0.05, 0) is 101 Å². The minimum atomic E-state index is -4.56. The second-order valence-electron chi connectivity index (χ2n) is 15.5. The lowest BCUT2D eigenvalue weighted by Crippen LogP contribution is -2.24. The van der Waals surface area contributed by atoms with E-state index in [1.807, 2.05) is 62.4 Å². The molecule has 0 saturated heterocycles. The fourth-order valence-corrected chi connectivity index (χ4v) is 10.6. The van der Waals surface area contributed by atoms with E-state index in [9.17, 15) is 26.3 Å². The number of halogens is 6. The molecule has 2 heterocycles. The monoisotopic (exact) mass is 844 g/mol. The summed E-state index contributed by atoms with van der Waals surface area (Å²) < 4.78 is 85.2. The number of para-hydroxylation sites is 4. The molecule has 0 fully saturated rings. The molecule has 2 nitrogen and oxygen atoms in total. The van der Waals surface area contributed by atoms with Crippen LogP contribution in [0.2, 0.25) is 0 Å². The van der Waals surface area contributed by atoms with Crippen LogP contribution >= 0.6 is 23.5 Å². The van der Waals surface area contributed by atoms with Crippen molar-refractivity contribution in [3.8, 4) is 22.3 Å². The van der Waals surface area contributed by atoms with Crippen LogP contribution in [-0.2, 0) is 12.4 Å². The molecule has 10 heteroatoms. The van der Waals surface area contributed by atoms with Crippen LogP contribution in [0, 0.1) is 0 Å². The van der Waals surface area contributed by atoms with Crippen molar-refractivity contribution in [3.63, 3.8) is 0 Å². The van der Waals surface area contributed by atoms with Crippen LogP contribution in [-0.4, -0.2) is 0 Å². The third kappa shape index (κ3) is 6.83. The lowest BCUT2D eigenvalue weighted by Gasteiger charge is -2.42. The maximum atomic E-state index is 14.2. The largest absolute Gasteiger partial charge is 0.416 e. The third-order valence-corrected chi connectivity index (χ3v) is 13.3. The summed E-state index contributed by atoms with van der Waals surface area (Å²) in [7, 11) is 0. The van der Waals surface area contributed by atoms with Crippen molar-refractivity contribution >= 4 is 57.6 Å². The van der Waals surface area contributed by atoms with Crippen molar-refractivity contribution in [1.29, 1.82) is 0 Å². The van der Waals surface area contributed by atoms with E-state index in [4.69, 9.17) is 0 Å². The summed E-state index contributed by atoms with van der Waals surface area (Å²) in [6, 6.07) is 43.1. The highest BCUT2D eigenvalue weighted by molar-refractivity contribution is 8.00. The molecule has 0 aliphatic carbocycles. The molecule has 0 bridgehead atoms. The first-order valence-corrected chi connectivity index (χ1v) is 21.3. The van der Waals surface area contributed by atoms with E-state index >= 15 is 0 Å². The molecule has 2 aliphatic rings. The number of nitrogens with zero attached hydrogens (tertiary/aromatic N) is 2. The fourth-order valence-electron chi connectivity index (χ4n) is 8.48. The minimum Gasteiger partial charge on any atom is -0.307 e. The molecule has 7 aromatic carbocycles. The second kappa shape index (κ2) is 15.2. The van der Waals surface area contributed by atoms with E-state index in [2.05, 4.69) is 72.2 Å². The molecule has 2 aliphatic heterocycles. The molecule has 0 amide bonds. The lowest BCUT2D eigenvalue weighted by atomic mass is 9.78. The summed E-state index contributed by atoms with van der Waals surface area (Å²) in [5.41, 5.74) is 7.93. The molecule has 0 N–H and O–H groups in total. The summed E-state index contributed by atoms with van der Waals surface area (Å²) in [6.07, 6.45) is -9.12. The minimum absolute atomic E-state index is 0.222. The molecule has 60 heavy (non-hydrogen) atoms. The molecule has 0 saturated carbocycles. The first kappa shape index (κ1) is 39.9. The van der Waals surface area contributed by atoms with Crippen LogP contribution in [0.3, 0.4) is 0 Å². The van der Waals surface area contributed by atoms with E-state index in [1.165, 1.54) is 24.3 Å². The summed E-state index contributed by atoms with van der Waals surface area (Å²) in [6.45, 7) is 8.30. The predicted octanol–water partition coefficient (Wildman–Crippen LogP) is 17.2. The highest BCUT2D eigenvalue weighted by atomic mass is 32.2. The van der Waals surface area contributed by atoms with Crippen molar-refractivity contribution in [2.45, 2.75) is 71.5 Å². The van der Waals surface area contributed by atoms with Crippen molar-refractivity contribution in [3.05, 3.63) is 168 Å². The zero-order chi connectivity index (χ0) is 42.1. The average Bonchev–Trinajstić information content (AvgIpc) is 3.23. The average molecular weight is 845 g/mol. The standard InChI is InChI=1S/C50H38F6N2S2/c1-29(2)43-45(31-21-25-33(26-22-31)49(51,52)53)47(57-35-13-5-9-17-39(35)59-40-18-10-6-14-36(40)57)44(30(3)4)48(46(43)32-23-27-34(28-24-32)50(54,55)56)58-37-15-7-11-19-41(37)60-42-20-12-8-16-38(42)58/h5-30H,1-4H3. The first-order chi connectivity index (χ1) is 28.7.